The third-order valence-electron chi connectivity index (χ3n) is 4.55. The van der Waals surface area contributed by atoms with Gasteiger partial charge in [0.1, 0.15) is 0 Å². The van der Waals surface area contributed by atoms with Gasteiger partial charge in [0.2, 0.25) is 0 Å². The molecule has 4 aromatic rings. The van der Waals surface area contributed by atoms with Crippen molar-refractivity contribution >= 4 is 39.9 Å². The molecule has 0 aliphatic carbocycles. The molecule has 2 aromatic heterocycles. The average Bonchev–Trinajstić information content (AvgIpc) is 2.96. The molecule has 0 radical (unpaired) electrons. The summed E-state index contributed by atoms with van der Waals surface area (Å²) in [5, 5.41) is 14.3. The molecule has 25 heavy (non-hydrogen) atoms. The van der Waals surface area contributed by atoms with Gasteiger partial charge in [-0.15, -0.1) is 5.10 Å². The smallest absolute Gasteiger partial charge is 0.160 e. The van der Waals surface area contributed by atoms with E-state index in [1.54, 1.807) is 6.07 Å². The SMILES string of the molecule is Clc1cc(Cl)cc(C2Nc3ccccc3-c3cnnc4[nH]cc2c34)c1. The molecule has 0 spiro atoms. The topological polar surface area (TPSA) is 53.6 Å². The van der Waals surface area contributed by atoms with Crippen LogP contribution in [0.3, 0.4) is 0 Å². The van der Waals surface area contributed by atoms with Crippen LogP contribution in [0.4, 0.5) is 5.69 Å². The number of nitrogens with one attached hydrogen (secondary N) is 2. The second kappa shape index (κ2) is 5.48. The number of hydrogen-bond acceptors (Lipinski definition) is 3. The number of rotatable bonds is 1. The quantitative estimate of drug-likeness (QED) is 0.471. The number of aromatic amines is 1. The molecule has 1 unspecified atom stereocenters. The summed E-state index contributed by atoms with van der Waals surface area (Å²) in [6.07, 6.45) is 3.79. The van der Waals surface area contributed by atoms with E-state index in [0.29, 0.717) is 10.0 Å². The lowest BCUT2D eigenvalue weighted by atomic mass is 9.97. The summed E-state index contributed by atoms with van der Waals surface area (Å²) in [4.78, 5) is 3.23. The Bertz CT molecular complexity index is 1100. The van der Waals surface area contributed by atoms with E-state index in [4.69, 9.17) is 23.2 Å². The van der Waals surface area contributed by atoms with Gasteiger partial charge in [-0.05, 0) is 29.8 Å². The van der Waals surface area contributed by atoms with Gasteiger partial charge >= 0.3 is 0 Å². The van der Waals surface area contributed by atoms with Gasteiger partial charge in [-0.2, -0.15) is 5.10 Å². The predicted molar refractivity (Wildman–Crippen MR) is 101 cm³/mol. The predicted octanol–water partition coefficient (Wildman–Crippen LogP) is 5.45. The first-order chi connectivity index (χ1) is 12.2. The first-order valence-corrected chi connectivity index (χ1v) is 8.61. The van der Waals surface area contributed by atoms with Crippen LogP contribution in [0.25, 0.3) is 22.2 Å². The molecule has 1 aliphatic rings. The van der Waals surface area contributed by atoms with Crippen molar-refractivity contribution < 1.29 is 0 Å². The van der Waals surface area contributed by atoms with Crippen molar-refractivity contribution in [3.05, 3.63) is 76.0 Å². The molecule has 0 saturated carbocycles. The van der Waals surface area contributed by atoms with Crippen LogP contribution in [0, 0.1) is 0 Å². The van der Waals surface area contributed by atoms with Crippen molar-refractivity contribution in [2.24, 2.45) is 0 Å². The zero-order valence-electron chi connectivity index (χ0n) is 12.9. The number of halogens is 2. The second-order valence-corrected chi connectivity index (χ2v) is 6.92. The van der Waals surface area contributed by atoms with Gasteiger partial charge in [-0.25, -0.2) is 0 Å². The van der Waals surface area contributed by atoms with Gasteiger partial charge < -0.3 is 10.3 Å². The monoisotopic (exact) mass is 366 g/mol. The summed E-state index contributed by atoms with van der Waals surface area (Å²) >= 11 is 12.5. The Morgan fingerprint density at radius 1 is 0.960 bits per heavy atom. The molecule has 4 nitrogen and oxygen atoms in total. The van der Waals surface area contributed by atoms with E-state index in [0.717, 1.165) is 39.0 Å². The number of hydrogen-bond donors (Lipinski definition) is 2. The van der Waals surface area contributed by atoms with E-state index >= 15 is 0 Å². The van der Waals surface area contributed by atoms with Gasteiger partial charge in [0, 0.05) is 44.0 Å². The molecule has 6 heteroatoms. The third-order valence-corrected chi connectivity index (χ3v) is 4.99. The van der Waals surface area contributed by atoms with Gasteiger partial charge in [0.25, 0.3) is 0 Å². The molecule has 0 amide bonds. The molecular formula is C19H12Cl2N4. The van der Waals surface area contributed by atoms with E-state index in [1.807, 2.05) is 36.7 Å². The second-order valence-electron chi connectivity index (χ2n) is 6.05. The first-order valence-electron chi connectivity index (χ1n) is 7.85. The van der Waals surface area contributed by atoms with Crippen molar-refractivity contribution in [1.29, 1.82) is 0 Å². The van der Waals surface area contributed by atoms with Crippen molar-refractivity contribution in [2.75, 3.05) is 5.32 Å². The summed E-state index contributed by atoms with van der Waals surface area (Å²) in [6, 6.07) is 13.7. The normalized spacial score (nSPS) is 15.5. The van der Waals surface area contributed by atoms with Crippen molar-refractivity contribution in [2.45, 2.75) is 6.04 Å². The summed E-state index contributed by atoms with van der Waals surface area (Å²) < 4.78 is 0. The Morgan fingerprint density at radius 3 is 2.60 bits per heavy atom. The molecule has 5 rings (SSSR count). The molecule has 122 valence electrons. The number of nitrogens with zero attached hydrogens (tertiary/aromatic N) is 2. The fraction of sp³-hybridized carbons (Fsp3) is 0.0526. The Hall–Kier alpha value is -2.56. The number of fused-ring (bicyclic) bond motifs is 2. The average molecular weight is 367 g/mol. The van der Waals surface area contributed by atoms with Crippen LogP contribution in [0.15, 0.2) is 54.9 Å². The van der Waals surface area contributed by atoms with Crippen LogP contribution >= 0.6 is 23.2 Å². The fourth-order valence-corrected chi connectivity index (χ4v) is 4.05. The summed E-state index contributed by atoms with van der Waals surface area (Å²) in [7, 11) is 0. The highest BCUT2D eigenvalue weighted by Gasteiger charge is 2.26. The molecule has 0 bridgehead atoms. The van der Waals surface area contributed by atoms with Gasteiger partial charge in [-0.3, -0.25) is 0 Å². The standard InChI is InChI=1S/C19H12Cl2N4/c20-11-5-10(6-12(21)7-11)18-15-8-22-19-17(15)14(9-23-25-19)13-3-1-2-4-16(13)24-18/h1-9,18,24H,(H,22,25). The Kier molecular flexibility index (Phi) is 3.23. The van der Waals surface area contributed by atoms with E-state index in [1.165, 1.54) is 0 Å². The molecule has 1 aliphatic heterocycles. The van der Waals surface area contributed by atoms with Gasteiger partial charge in [-0.1, -0.05) is 41.4 Å². The number of H-pyrrole nitrogens is 1. The molecule has 2 N–H and O–H groups in total. The minimum atomic E-state index is -0.100. The van der Waals surface area contributed by atoms with Crippen LogP contribution in [0.5, 0.6) is 0 Å². The maximum atomic E-state index is 6.24. The van der Waals surface area contributed by atoms with Crippen LogP contribution in [0.1, 0.15) is 17.2 Å². The number of para-hydroxylation sites is 1. The number of benzene rings is 2. The van der Waals surface area contributed by atoms with Crippen molar-refractivity contribution in [3.63, 3.8) is 0 Å². The van der Waals surface area contributed by atoms with Crippen LogP contribution < -0.4 is 5.32 Å². The maximum absolute atomic E-state index is 6.24. The third kappa shape index (κ3) is 2.29. The summed E-state index contributed by atoms with van der Waals surface area (Å²) in [5.74, 6) is 0. The molecule has 2 aromatic carbocycles. The largest absolute Gasteiger partial charge is 0.374 e. The number of anilines is 1. The molecule has 3 heterocycles. The molecular weight excluding hydrogens is 355 g/mol. The van der Waals surface area contributed by atoms with E-state index in [9.17, 15) is 0 Å². The van der Waals surface area contributed by atoms with E-state index in [-0.39, 0.29) is 6.04 Å². The Balaban J connectivity index is 1.84. The fourth-order valence-electron chi connectivity index (χ4n) is 3.51. The number of aromatic nitrogens is 3. The summed E-state index contributed by atoms with van der Waals surface area (Å²) in [5.41, 5.74) is 6.05. The lowest BCUT2D eigenvalue weighted by molar-refractivity contribution is 0.953. The van der Waals surface area contributed by atoms with E-state index in [2.05, 4.69) is 32.6 Å². The zero-order valence-corrected chi connectivity index (χ0v) is 14.4. The van der Waals surface area contributed by atoms with Crippen molar-refractivity contribution in [1.82, 2.24) is 15.2 Å². The highest BCUT2D eigenvalue weighted by molar-refractivity contribution is 6.34. The van der Waals surface area contributed by atoms with E-state index < -0.39 is 0 Å². The van der Waals surface area contributed by atoms with Gasteiger partial charge in [0.05, 0.1) is 12.2 Å². The van der Waals surface area contributed by atoms with Crippen LogP contribution in [0.2, 0.25) is 10.0 Å². The lowest BCUT2D eigenvalue weighted by Crippen LogP contribution is -2.11. The van der Waals surface area contributed by atoms with Crippen LogP contribution in [-0.4, -0.2) is 15.2 Å². The summed E-state index contributed by atoms with van der Waals surface area (Å²) in [6.45, 7) is 0. The maximum Gasteiger partial charge on any atom is 0.160 e. The Morgan fingerprint density at radius 2 is 1.76 bits per heavy atom. The first kappa shape index (κ1) is 14.8. The van der Waals surface area contributed by atoms with Crippen molar-refractivity contribution in [3.8, 4) is 11.1 Å². The van der Waals surface area contributed by atoms with Gasteiger partial charge in [0.15, 0.2) is 5.65 Å². The minimum Gasteiger partial charge on any atom is -0.374 e. The zero-order chi connectivity index (χ0) is 17.0. The lowest BCUT2D eigenvalue weighted by Gasteiger charge is -2.20. The highest BCUT2D eigenvalue weighted by atomic mass is 35.5. The molecule has 0 fully saturated rings. The van der Waals surface area contributed by atoms with Crippen LogP contribution in [-0.2, 0) is 0 Å². The highest BCUT2D eigenvalue weighted by Crippen LogP contribution is 2.43. The minimum absolute atomic E-state index is 0.100. The molecule has 0 saturated heterocycles. The molecule has 1 atom stereocenters. The Labute approximate surface area is 153 Å².